The molecule has 1 atom stereocenters. The lowest BCUT2D eigenvalue weighted by Gasteiger charge is -2.30. The first-order chi connectivity index (χ1) is 6.68. The first kappa shape index (κ1) is 11.5. The van der Waals surface area contributed by atoms with E-state index in [1.807, 2.05) is 0 Å². The Labute approximate surface area is 85.1 Å². The van der Waals surface area contributed by atoms with Gasteiger partial charge in [0.2, 0.25) is 0 Å². The molecule has 0 saturated carbocycles. The van der Waals surface area contributed by atoms with Gasteiger partial charge in [0.1, 0.15) is 0 Å². The Balaban J connectivity index is 2.03. The van der Waals surface area contributed by atoms with Crippen molar-refractivity contribution in [1.82, 2.24) is 4.90 Å². The molecule has 0 aromatic carbocycles. The molecular formula is C10H20N2O2. The Morgan fingerprint density at radius 3 is 2.93 bits per heavy atom. The van der Waals surface area contributed by atoms with E-state index in [0.29, 0.717) is 12.5 Å². The molecule has 0 aromatic heterocycles. The molecule has 0 amide bonds. The van der Waals surface area contributed by atoms with Gasteiger partial charge < -0.3 is 15.7 Å². The van der Waals surface area contributed by atoms with Crippen molar-refractivity contribution < 1.29 is 9.90 Å². The van der Waals surface area contributed by atoms with Crippen molar-refractivity contribution in [2.75, 3.05) is 19.6 Å². The van der Waals surface area contributed by atoms with Crippen LogP contribution in [0.15, 0.2) is 0 Å². The van der Waals surface area contributed by atoms with E-state index in [1.165, 1.54) is 6.42 Å². The number of carbonyl (C=O) groups is 1. The number of aliphatic carboxylic acids is 1. The molecule has 1 saturated heterocycles. The third-order valence-corrected chi connectivity index (χ3v) is 2.66. The zero-order valence-corrected chi connectivity index (χ0v) is 8.61. The fraction of sp³-hybridized carbons (Fsp3) is 0.900. The summed E-state index contributed by atoms with van der Waals surface area (Å²) < 4.78 is 0. The first-order valence-electron chi connectivity index (χ1n) is 5.38. The van der Waals surface area contributed by atoms with Crippen molar-refractivity contribution in [2.45, 2.75) is 38.1 Å². The molecule has 1 fully saturated rings. The van der Waals surface area contributed by atoms with E-state index in [9.17, 15) is 4.79 Å². The normalized spacial score (nSPS) is 23.6. The first-order valence-corrected chi connectivity index (χ1v) is 5.38. The molecule has 1 heterocycles. The van der Waals surface area contributed by atoms with Crippen molar-refractivity contribution in [3.63, 3.8) is 0 Å². The molecular weight excluding hydrogens is 180 g/mol. The van der Waals surface area contributed by atoms with Gasteiger partial charge in [-0.15, -0.1) is 0 Å². The highest BCUT2D eigenvalue weighted by molar-refractivity contribution is 5.66. The Morgan fingerprint density at radius 2 is 2.29 bits per heavy atom. The Bertz CT molecular complexity index is 185. The predicted octanol–water partition coefficient (Wildman–Crippen LogP) is 0.664. The number of carboxylic acid groups (broad SMARTS) is 1. The predicted molar refractivity (Wildman–Crippen MR) is 55.1 cm³/mol. The average molecular weight is 200 g/mol. The number of likely N-dealkylation sites (tertiary alicyclic amines) is 1. The molecule has 4 heteroatoms. The van der Waals surface area contributed by atoms with Crippen LogP contribution < -0.4 is 5.73 Å². The summed E-state index contributed by atoms with van der Waals surface area (Å²) >= 11 is 0. The smallest absolute Gasteiger partial charge is 0.303 e. The number of hydrogen-bond donors (Lipinski definition) is 2. The summed E-state index contributed by atoms with van der Waals surface area (Å²) in [6.45, 7) is 3.11. The second-order valence-corrected chi connectivity index (χ2v) is 4.05. The molecule has 1 unspecified atom stereocenters. The van der Waals surface area contributed by atoms with Crippen LogP contribution in [-0.4, -0.2) is 41.7 Å². The van der Waals surface area contributed by atoms with E-state index in [1.54, 1.807) is 0 Å². The van der Waals surface area contributed by atoms with Crippen LogP contribution in [0.5, 0.6) is 0 Å². The summed E-state index contributed by atoms with van der Waals surface area (Å²) in [7, 11) is 0. The van der Waals surface area contributed by atoms with E-state index in [-0.39, 0.29) is 0 Å². The molecule has 0 aliphatic carbocycles. The number of hydrogen-bond acceptors (Lipinski definition) is 3. The van der Waals surface area contributed by atoms with Gasteiger partial charge in [0.25, 0.3) is 0 Å². The highest BCUT2D eigenvalue weighted by Crippen LogP contribution is 2.09. The maximum Gasteiger partial charge on any atom is 0.303 e. The van der Waals surface area contributed by atoms with Crippen molar-refractivity contribution in [3.05, 3.63) is 0 Å². The average Bonchev–Trinajstić information content (AvgIpc) is 2.12. The number of nitrogens with zero attached hydrogens (tertiary/aromatic N) is 1. The third kappa shape index (κ3) is 4.58. The number of carboxylic acids is 1. The topological polar surface area (TPSA) is 66.6 Å². The minimum atomic E-state index is -0.694. The lowest BCUT2D eigenvalue weighted by molar-refractivity contribution is -0.137. The summed E-state index contributed by atoms with van der Waals surface area (Å²) in [6.07, 6.45) is 4.35. The lowest BCUT2D eigenvalue weighted by Crippen LogP contribution is -2.43. The minimum Gasteiger partial charge on any atom is -0.481 e. The van der Waals surface area contributed by atoms with E-state index in [0.717, 1.165) is 38.9 Å². The Kier molecular flexibility index (Phi) is 4.90. The van der Waals surface area contributed by atoms with Gasteiger partial charge in [-0.3, -0.25) is 4.79 Å². The quantitative estimate of drug-likeness (QED) is 0.640. The highest BCUT2D eigenvalue weighted by atomic mass is 16.4. The molecule has 1 aliphatic heterocycles. The van der Waals surface area contributed by atoms with Gasteiger partial charge in [-0.2, -0.15) is 0 Å². The molecule has 82 valence electrons. The van der Waals surface area contributed by atoms with Crippen LogP contribution in [0.3, 0.4) is 0 Å². The van der Waals surface area contributed by atoms with Crippen molar-refractivity contribution in [2.24, 2.45) is 5.73 Å². The van der Waals surface area contributed by atoms with Crippen LogP contribution in [0.4, 0.5) is 0 Å². The fourth-order valence-electron chi connectivity index (χ4n) is 1.91. The van der Waals surface area contributed by atoms with Crippen LogP contribution >= 0.6 is 0 Å². The van der Waals surface area contributed by atoms with Crippen LogP contribution in [0.2, 0.25) is 0 Å². The summed E-state index contributed by atoms with van der Waals surface area (Å²) in [5, 5.41) is 8.46. The van der Waals surface area contributed by atoms with Gasteiger partial charge in [-0.1, -0.05) is 0 Å². The molecule has 0 aromatic rings. The summed E-state index contributed by atoms with van der Waals surface area (Å²) in [4.78, 5) is 12.6. The number of piperidine rings is 1. The minimum absolute atomic E-state index is 0.292. The van der Waals surface area contributed by atoms with Crippen LogP contribution in [0.1, 0.15) is 32.1 Å². The third-order valence-electron chi connectivity index (χ3n) is 2.66. The second kappa shape index (κ2) is 5.98. The Hall–Kier alpha value is -0.610. The molecule has 0 radical (unpaired) electrons. The van der Waals surface area contributed by atoms with E-state index in [4.69, 9.17) is 10.8 Å². The molecule has 0 bridgehead atoms. The van der Waals surface area contributed by atoms with Gasteiger partial charge in [0.15, 0.2) is 0 Å². The molecule has 14 heavy (non-hydrogen) atoms. The van der Waals surface area contributed by atoms with Gasteiger partial charge in [0.05, 0.1) is 0 Å². The molecule has 4 nitrogen and oxygen atoms in total. The SMILES string of the molecule is NC1CCCN(CCCCC(=O)O)C1. The number of unbranched alkanes of at least 4 members (excludes halogenated alkanes) is 1. The van der Waals surface area contributed by atoms with Crippen molar-refractivity contribution >= 4 is 5.97 Å². The van der Waals surface area contributed by atoms with E-state index >= 15 is 0 Å². The fourth-order valence-corrected chi connectivity index (χ4v) is 1.91. The monoisotopic (exact) mass is 200 g/mol. The zero-order valence-electron chi connectivity index (χ0n) is 8.61. The summed E-state index contributed by atoms with van der Waals surface area (Å²) in [5.74, 6) is -0.694. The lowest BCUT2D eigenvalue weighted by atomic mass is 10.1. The molecule has 0 spiro atoms. The number of nitrogens with two attached hydrogens (primary N) is 1. The van der Waals surface area contributed by atoms with E-state index in [2.05, 4.69) is 4.90 Å². The highest BCUT2D eigenvalue weighted by Gasteiger charge is 2.15. The van der Waals surface area contributed by atoms with Crippen LogP contribution in [0, 0.1) is 0 Å². The van der Waals surface area contributed by atoms with Crippen LogP contribution in [0.25, 0.3) is 0 Å². The van der Waals surface area contributed by atoms with Crippen molar-refractivity contribution in [1.29, 1.82) is 0 Å². The Morgan fingerprint density at radius 1 is 1.50 bits per heavy atom. The molecule has 3 N–H and O–H groups in total. The van der Waals surface area contributed by atoms with Crippen molar-refractivity contribution in [3.8, 4) is 0 Å². The second-order valence-electron chi connectivity index (χ2n) is 4.05. The largest absolute Gasteiger partial charge is 0.481 e. The number of rotatable bonds is 5. The summed E-state index contributed by atoms with van der Waals surface area (Å²) in [6, 6.07) is 0.322. The van der Waals surface area contributed by atoms with Gasteiger partial charge in [-0.05, 0) is 38.8 Å². The van der Waals surface area contributed by atoms with E-state index < -0.39 is 5.97 Å². The van der Waals surface area contributed by atoms with Gasteiger partial charge in [-0.25, -0.2) is 0 Å². The van der Waals surface area contributed by atoms with Gasteiger partial charge >= 0.3 is 5.97 Å². The maximum atomic E-state index is 10.3. The van der Waals surface area contributed by atoms with Crippen LogP contribution in [-0.2, 0) is 4.79 Å². The van der Waals surface area contributed by atoms with Gasteiger partial charge in [0, 0.05) is 19.0 Å². The maximum absolute atomic E-state index is 10.3. The standard InChI is InChI=1S/C10H20N2O2/c11-9-4-3-7-12(8-9)6-2-1-5-10(13)14/h9H,1-8,11H2,(H,13,14). The molecule has 1 aliphatic rings. The molecule has 1 rings (SSSR count). The zero-order chi connectivity index (χ0) is 10.4. The summed E-state index contributed by atoms with van der Waals surface area (Å²) in [5.41, 5.74) is 5.84.